The van der Waals surface area contributed by atoms with Crippen LogP contribution in [0.2, 0.25) is 0 Å². The lowest BCUT2D eigenvalue weighted by Crippen LogP contribution is -2.48. The van der Waals surface area contributed by atoms with Crippen LogP contribution < -0.4 is 5.32 Å². The zero-order chi connectivity index (χ0) is 12.0. The molecule has 2 fully saturated rings. The van der Waals surface area contributed by atoms with Gasteiger partial charge in [-0.3, -0.25) is 0 Å². The van der Waals surface area contributed by atoms with Gasteiger partial charge in [0.1, 0.15) is 0 Å². The number of likely N-dealkylation sites (tertiary alicyclic amines) is 1. The van der Waals surface area contributed by atoms with Crippen LogP contribution in [-0.2, 0) is 4.74 Å². The number of ether oxygens (including phenoxy) is 1. The van der Waals surface area contributed by atoms with E-state index in [4.69, 9.17) is 4.74 Å². The topological polar surface area (TPSA) is 24.5 Å². The molecular formula is C14H28N2O. The molecule has 0 radical (unpaired) electrons. The van der Waals surface area contributed by atoms with Crippen molar-refractivity contribution in [3.05, 3.63) is 0 Å². The van der Waals surface area contributed by atoms with Crippen LogP contribution in [0.15, 0.2) is 0 Å². The van der Waals surface area contributed by atoms with Gasteiger partial charge in [-0.15, -0.1) is 0 Å². The minimum absolute atomic E-state index is 0.372. The molecule has 0 bridgehead atoms. The van der Waals surface area contributed by atoms with Gasteiger partial charge in [-0.25, -0.2) is 0 Å². The van der Waals surface area contributed by atoms with E-state index in [1.165, 1.54) is 58.2 Å². The molecule has 2 aliphatic rings. The normalized spacial score (nSPS) is 32.3. The lowest BCUT2D eigenvalue weighted by atomic mass is 9.81. The molecule has 0 aliphatic carbocycles. The number of nitrogens with one attached hydrogen (secondary N) is 1. The summed E-state index contributed by atoms with van der Waals surface area (Å²) in [5, 5.41) is 3.38. The average Bonchev–Trinajstić information content (AvgIpc) is 2.59. The van der Waals surface area contributed by atoms with Crippen molar-refractivity contribution in [2.75, 3.05) is 46.4 Å². The van der Waals surface area contributed by atoms with Gasteiger partial charge in [0, 0.05) is 25.1 Å². The maximum atomic E-state index is 5.74. The van der Waals surface area contributed by atoms with Crippen molar-refractivity contribution in [1.29, 1.82) is 0 Å². The monoisotopic (exact) mass is 240 g/mol. The van der Waals surface area contributed by atoms with Crippen LogP contribution in [0.5, 0.6) is 0 Å². The molecule has 2 aliphatic heterocycles. The molecule has 2 rings (SSSR count). The van der Waals surface area contributed by atoms with Gasteiger partial charge in [0.25, 0.3) is 0 Å². The lowest BCUT2D eigenvalue weighted by Gasteiger charge is -2.40. The summed E-state index contributed by atoms with van der Waals surface area (Å²) in [7, 11) is 2.07. The molecule has 2 heterocycles. The van der Waals surface area contributed by atoms with Gasteiger partial charge in [0.2, 0.25) is 0 Å². The van der Waals surface area contributed by atoms with Crippen molar-refractivity contribution < 1.29 is 4.74 Å². The standard InChI is InChI=1S/C14H28N2O/c1-15-11-14(7-6-10-17-13-14)12-16-8-4-2-3-5-9-16/h15H,2-13H2,1H3. The third-order valence-corrected chi connectivity index (χ3v) is 4.21. The van der Waals surface area contributed by atoms with Crippen molar-refractivity contribution in [2.45, 2.75) is 38.5 Å². The molecule has 0 aromatic heterocycles. The summed E-state index contributed by atoms with van der Waals surface area (Å²) in [4.78, 5) is 2.68. The third kappa shape index (κ3) is 3.94. The number of rotatable bonds is 4. The van der Waals surface area contributed by atoms with Crippen LogP contribution in [0.25, 0.3) is 0 Å². The smallest absolute Gasteiger partial charge is 0.0546 e. The molecule has 3 nitrogen and oxygen atoms in total. The van der Waals surface area contributed by atoms with E-state index in [9.17, 15) is 0 Å². The second-order valence-electron chi connectivity index (χ2n) is 5.88. The highest BCUT2D eigenvalue weighted by atomic mass is 16.5. The fraction of sp³-hybridized carbons (Fsp3) is 1.00. The van der Waals surface area contributed by atoms with Gasteiger partial charge in [-0.05, 0) is 45.8 Å². The van der Waals surface area contributed by atoms with Crippen molar-refractivity contribution in [3.63, 3.8) is 0 Å². The number of hydrogen-bond acceptors (Lipinski definition) is 3. The largest absolute Gasteiger partial charge is 0.381 e. The molecule has 1 atom stereocenters. The first-order valence-corrected chi connectivity index (χ1v) is 7.29. The summed E-state index contributed by atoms with van der Waals surface area (Å²) in [5.41, 5.74) is 0.372. The van der Waals surface area contributed by atoms with E-state index >= 15 is 0 Å². The quantitative estimate of drug-likeness (QED) is 0.812. The van der Waals surface area contributed by atoms with E-state index in [1.807, 2.05) is 0 Å². The van der Waals surface area contributed by atoms with E-state index in [0.29, 0.717) is 5.41 Å². The molecule has 0 aromatic rings. The zero-order valence-electron chi connectivity index (χ0n) is 11.3. The maximum absolute atomic E-state index is 5.74. The molecule has 2 saturated heterocycles. The minimum atomic E-state index is 0.372. The Morgan fingerprint density at radius 3 is 2.47 bits per heavy atom. The molecule has 0 amide bonds. The van der Waals surface area contributed by atoms with Gasteiger partial charge in [-0.2, -0.15) is 0 Å². The Morgan fingerprint density at radius 2 is 1.88 bits per heavy atom. The highest BCUT2D eigenvalue weighted by molar-refractivity contribution is 4.87. The first kappa shape index (κ1) is 13.3. The van der Waals surface area contributed by atoms with E-state index in [2.05, 4.69) is 17.3 Å². The highest BCUT2D eigenvalue weighted by Crippen LogP contribution is 2.29. The Kier molecular flexibility index (Phi) is 5.26. The minimum Gasteiger partial charge on any atom is -0.381 e. The molecule has 17 heavy (non-hydrogen) atoms. The van der Waals surface area contributed by atoms with Crippen LogP contribution in [0, 0.1) is 5.41 Å². The third-order valence-electron chi connectivity index (χ3n) is 4.21. The molecule has 0 spiro atoms. The molecule has 1 N–H and O–H groups in total. The van der Waals surface area contributed by atoms with Crippen LogP contribution in [0.1, 0.15) is 38.5 Å². The van der Waals surface area contributed by atoms with Gasteiger partial charge in [0.15, 0.2) is 0 Å². The Balaban J connectivity index is 1.90. The summed E-state index contributed by atoms with van der Waals surface area (Å²) < 4.78 is 5.74. The summed E-state index contributed by atoms with van der Waals surface area (Å²) in [5.74, 6) is 0. The Bertz CT molecular complexity index is 201. The summed E-state index contributed by atoms with van der Waals surface area (Å²) in [6, 6.07) is 0. The van der Waals surface area contributed by atoms with Crippen LogP contribution >= 0.6 is 0 Å². The Morgan fingerprint density at radius 1 is 1.12 bits per heavy atom. The Labute approximate surface area is 106 Å². The molecule has 100 valence electrons. The first-order valence-electron chi connectivity index (χ1n) is 7.29. The SMILES string of the molecule is CNCC1(CN2CCCCCC2)CCCOC1. The maximum Gasteiger partial charge on any atom is 0.0546 e. The fourth-order valence-corrected chi connectivity index (χ4v) is 3.37. The molecular weight excluding hydrogens is 212 g/mol. The molecule has 1 unspecified atom stereocenters. The lowest BCUT2D eigenvalue weighted by molar-refractivity contribution is -0.0249. The van der Waals surface area contributed by atoms with Crippen molar-refractivity contribution >= 4 is 0 Å². The summed E-state index contributed by atoms with van der Waals surface area (Å²) >= 11 is 0. The van der Waals surface area contributed by atoms with E-state index in [-0.39, 0.29) is 0 Å². The van der Waals surface area contributed by atoms with Gasteiger partial charge in [0.05, 0.1) is 6.61 Å². The predicted molar refractivity (Wildman–Crippen MR) is 71.3 cm³/mol. The van der Waals surface area contributed by atoms with Crippen molar-refractivity contribution in [2.24, 2.45) is 5.41 Å². The van der Waals surface area contributed by atoms with Gasteiger partial charge in [-0.1, -0.05) is 12.8 Å². The van der Waals surface area contributed by atoms with E-state index in [1.54, 1.807) is 0 Å². The second-order valence-corrected chi connectivity index (χ2v) is 5.88. The summed E-state index contributed by atoms with van der Waals surface area (Å²) in [6.45, 7) is 6.84. The van der Waals surface area contributed by atoms with Crippen molar-refractivity contribution in [1.82, 2.24) is 10.2 Å². The second kappa shape index (κ2) is 6.72. The molecule has 0 saturated carbocycles. The predicted octanol–water partition coefficient (Wildman–Crippen LogP) is 1.88. The van der Waals surface area contributed by atoms with Crippen LogP contribution in [-0.4, -0.2) is 51.3 Å². The molecule has 3 heteroatoms. The summed E-state index contributed by atoms with van der Waals surface area (Å²) in [6.07, 6.45) is 8.17. The van der Waals surface area contributed by atoms with Gasteiger partial charge < -0.3 is 15.0 Å². The highest BCUT2D eigenvalue weighted by Gasteiger charge is 2.34. The van der Waals surface area contributed by atoms with Crippen LogP contribution in [0.3, 0.4) is 0 Å². The Hall–Kier alpha value is -0.120. The van der Waals surface area contributed by atoms with Crippen molar-refractivity contribution in [3.8, 4) is 0 Å². The van der Waals surface area contributed by atoms with E-state index < -0.39 is 0 Å². The zero-order valence-corrected chi connectivity index (χ0v) is 11.3. The molecule has 0 aromatic carbocycles. The first-order chi connectivity index (χ1) is 8.35. The van der Waals surface area contributed by atoms with E-state index in [0.717, 1.165) is 19.8 Å². The fourth-order valence-electron chi connectivity index (χ4n) is 3.37. The van der Waals surface area contributed by atoms with Crippen LogP contribution in [0.4, 0.5) is 0 Å². The number of hydrogen-bond donors (Lipinski definition) is 1. The average molecular weight is 240 g/mol. The van der Waals surface area contributed by atoms with Gasteiger partial charge >= 0.3 is 0 Å². The number of nitrogens with zero attached hydrogens (tertiary/aromatic N) is 1.